The first-order valence-electron chi connectivity index (χ1n) is 11.3. The maximum absolute atomic E-state index is 12.8. The molecule has 0 spiro atoms. The van der Waals surface area contributed by atoms with Crippen molar-refractivity contribution in [3.63, 3.8) is 0 Å². The fourth-order valence-corrected chi connectivity index (χ4v) is 5.48. The number of thioether (sulfide) groups is 1. The molecule has 3 rings (SSSR count). The molecule has 38 heavy (non-hydrogen) atoms. The number of esters is 2. The highest BCUT2D eigenvalue weighted by Gasteiger charge is 2.27. The lowest BCUT2D eigenvalue weighted by Gasteiger charge is -2.11. The number of nitriles is 2. The summed E-state index contributed by atoms with van der Waals surface area (Å²) in [6.45, 7) is 5.18. The Morgan fingerprint density at radius 3 is 2.45 bits per heavy atom. The Morgan fingerprint density at radius 1 is 1.16 bits per heavy atom. The molecule has 3 aromatic rings. The van der Waals surface area contributed by atoms with Crippen LogP contribution in [0.3, 0.4) is 0 Å². The molecule has 0 aromatic carbocycles. The van der Waals surface area contributed by atoms with Crippen LogP contribution in [0.4, 0.5) is 10.8 Å². The highest BCUT2D eigenvalue weighted by atomic mass is 32.2. The van der Waals surface area contributed by atoms with Crippen LogP contribution in [-0.2, 0) is 14.3 Å². The second-order valence-corrected chi connectivity index (χ2v) is 9.58. The van der Waals surface area contributed by atoms with Crippen LogP contribution in [0.1, 0.15) is 57.0 Å². The predicted octanol–water partition coefficient (Wildman–Crippen LogP) is 4.51. The Kier molecular flexibility index (Phi) is 9.49. The number of thiophene rings is 1. The fourth-order valence-electron chi connectivity index (χ4n) is 3.44. The number of ether oxygens (including phenoxy) is 2. The summed E-state index contributed by atoms with van der Waals surface area (Å²) >= 11 is 2.04. The average Bonchev–Trinajstić information content (AvgIpc) is 3.52. The van der Waals surface area contributed by atoms with Crippen LogP contribution < -0.4 is 11.1 Å². The number of amides is 1. The molecule has 0 aliphatic heterocycles. The number of hydrogen-bond acceptors (Lipinski definition) is 12. The Hall–Kier alpha value is -4.33. The van der Waals surface area contributed by atoms with Gasteiger partial charge in [-0.15, -0.1) is 23.1 Å². The number of nitrogens with one attached hydrogen (secondary N) is 1. The molecule has 0 aliphatic carbocycles. The lowest BCUT2D eigenvalue weighted by atomic mass is 10.0. The maximum atomic E-state index is 12.8. The number of nitrogens with zero attached hydrogens (tertiary/aromatic N) is 3. The van der Waals surface area contributed by atoms with Crippen molar-refractivity contribution in [1.29, 1.82) is 10.5 Å². The van der Waals surface area contributed by atoms with Gasteiger partial charge < -0.3 is 24.9 Å². The Bertz CT molecular complexity index is 1450. The average molecular weight is 554 g/mol. The summed E-state index contributed by atoms with van der Waals surface area (Å²) in [5, 5.41) is 22.4. The number of rotatable bonds is 10. The van der Waals surface area contributed by atoms with Gasteiger partial charge in [-0.1, -0.05) is 0 Å². The van der Waals surface area contributed by atoms with Crippen LogP contribution in [0.5, 0.6) is 0 Å². The minimum Gasteiger partial charge on any atom is -0.464 e. The van der Waals surface area contributed by atoms with E-state index in [4.69, 9.17) is 19.6 Å². The molecule has 0 aliphatic rings. The van der Waals surface area contributed by atoms with E-state index in [1.54, 1.807) is 32.9 Å². The zero-order valence-corrected chi connectivity index (χ0v) is 22.4. The van der Waals surface area contributed by atoms with Gasteiger partial charge in [0.1, 0.15) is 44.2 Å². The summed E-state index contributed by atoms with van der Waals surface area (Å²) in [6.07, 6.45) is 1.39. The highest BCUT2D eigenvalue weighted by Crippen LogP contribution is 2.37. The number of furan rings is 1. The van der Waals surface area contributed by atoms with Gasteiger partial charge in [0.05, 0.1) is 36.2 Å². The molecule has 0 radical (unpaired) electrons. The number of aromatic nitrogens is 1. The molecule has 0 saturated carbocycles. The van der Waals surface area contributed by atoms with E-state index in [2.05, 4.69) is 16.4 Å². The van der Waals surface area contributed by atoms with Crippen LogP contribution >= 0.6 is 23.1 Å². The number of anilines is 2. The van der Waals surface area contributed by atoms with Gasteiger partial charge in [0.15, 0.2) is 0 Å². The molecule has 0 saturated heterocycles. The monoisotopic (exact) mass is 553 g/mol. The van der Waals surface area contributed by atoms with Crippen molar-refractivity contribution in [2.75, 3.05) is 30.0 Å². The van der Waals surface area contributed by atoms with Crippen molar-refractivity contribution in [1.82, 2.24) is 4.98 Å². The fraction of sp³-hybridized carbons (Fsp3) is 0.280. The smallest absolute Gasteiger partial charge is 0.348 e. The number of nitrogen functional groups attached to an aromatic ring is 1. The molecule has 0 unspecified atom stereocenters. The summed E-state index contributed by atoms with van der Waals surface area (Å²) in [5.41, 5.74) is 6.79. The van der Waals surface area contributed by atoms with E-state index in [0.29, 0.717) is 11.3 Å². The molecular weight excluding hydrogens is 530 g/mol. The third-order valence-corrected chi connectivity index (χ3v) is 7.26. The minimum absolute atomic E-state index is 0.0237. The number of hydrogen-bond donors (Lipinski definition) is 2. The summed E-state index contributed by atoms with van der Waals surface area (Å²) in [4.78, 5) is 42.0. The third-order valence-electron chi connectivity index (χ3n) is 5.09. The maximum Gasteiger partial charge on any atom is 0.348 e. The predicted molar refractivity (Wildman–Crippen MR) is 141 cm³/mol. The van der Waals surface area contributed by atoms with Gasteiger partial charge >= 0.3 is 11.9 Å². The molecule has 3 N–H and O–H groups in total. The molecule has 3 aromatic heterocycles. The van der Waals surface area contributed by atoms with E-state index < -0.39 is 17.8 Å². The summed E-state index contributed by atoms with van der Waals surface area (Å²) in [6, 6.07) is 7.23. The molecule has 0 bridgehead atoms. The van der Waals surface area contributed by atoms with Gasteiger partial charge in [0.25, 0.3) is 0 Å². The van der Waals surface area contributed by atoms with Crippen LogP contribution in [-0.4, -0.2) is 41.8 Å². The molecule has 196 valence electrons. The Balaban J connectivity index is 1.80. The van der Waals surface area contributed by atoms with Gasteiger partial charge in [-0.05, 0) is 38.5 Å². The van der Waals surface area contributed by atoms with E-state index in [-0.39, 0.29) is 68.4 Å². The molecular formula is C25H23N5O6S2. The van der Waals surface area contributed by atoms with E-state index in [9.17, 15) is 24.9 Å². The quantitative estimate of drug-likeness (QED) is 0.266. The zero-order valence-electron chi connectivity index (χ0n) is 20.7. The summed E-state index contributed by atoms with van der Waals surface area (Å²) in [7, 11) is 0. The molecule has 13 heteroatoms. The van der Waals surface area contributed by atoms with Gasteiger partial charge in [-0.3, -0.25) is 4.79 Å². The van der Waals surface area contributed by atoms with Gasteiger partial charge in [0, 0.05) is 12.2 Å². The summed E-state index contributed by atoms with van der Waals surface area (Å²) < 4.78 is 15.5. The van der Waals surface area contributed by atoms with Crippen molar-refractivity contribution < 1.29 is 28.3 Å². The lowest BCUT2D eigenvalue weighted by Crippen LogP contribution is -2.15. The molecule has 1 amide bonds. The van der Waals surface area contributed by atoms with Crippen LogP contribution in [0.15, 0.2) is 27.8 Å². The topological polar surface area (TPSA) is 181 Å². The van der Waals surface area contributed by atoms with Crippen molar-refractivity contribution in [3.05, 3.63) is 45.5 Å². The van der Waals surface area contributed by atoms with Gasteiger partial charge in [-0.2, -0.15) is 10.5 Å². The van der Waals surface area contributed by atoms with Crippen molar-refractivity contribution in [2.45, 2.75) is 32.2 Å². The molecule has 3 heterocycles. The number of nitrogens with two attached hydrogens (primary N) is 1. The van der Waals surface area contributed by atoms with Crippen LogP contribution in [0.2, 0.25) is 0 Å². The number of pyridine rings is 1. The second kappa shape index (κ2) is 12.8. The van der Waals surface area contributed by atoms with Crippen LogP contribution in [0, 0.1) is 29.6 Å². The first kappa shape index (κ1) is 28.2. The normalized spacial score (nSPS) is 10.3. The van der Waals surface area contributed by atoms with Crippen molar-refractivity contribution in [3.8, 4) is 23.5 Å². The van der Waals surface area contributed by atoms with E-state index in [1.807, 2.05) is 6.07 Å². The minimum atomic E-state index is -0.664. The number of carbonyl (C=O) groups is 3. The standard InChI is InChI=1S/C25H23N5O6S2/c1-4-34-24(32)18-13(3)20(25(33)35-5-2)38-23(18)29-17(31)8-10-37-22-15(12-27)19(16-7-6-9-36-16)14(11-26)21(28)30-22/h6-7,9H,4-5,8,10H2,1-3H3,(H2,28,30)(H,29,31). The Morgan fingerprint density at radius 2 is 1.84 bits per heavy atom. The first-order valence-corrected chi connectivity index (χ1v) is 13.1. The van der Waals surface area contributed by atoms with Gasteiger partial charge in [0.2, 0.25) is 5.91 Å². The number of carbonyl (C=O) groups excluding carboxylic acids is 3. The highest BCUT2D eigenvalue weighted by molar-refractivity contribution is 7.99. The van der Waals surface area contributed by atoms with E-state index in [1.165, 1.54) is 6.26 Å². The SMILES string of the molecule is CCOC(=O)c1sc(NC(=O)CCSc2nc(N)c(C#N)c(-c3ccco3)c2C#N)c(C(=O)OCC)c1C. The first-order chi connectivity index (χ1) is 18.3. The Labute approximate surface area is 226 Å². The molecule has 0 atom stereocenters. The van der Waals surface area contributed by atoms with Gasteiger partial charge in [-0.25, -0.2) is 14.6 Å². The third kappa shape index (κ3) is 5.96. The zero-order chi connectivity index (χ0) is 27.8. The molecule has 0 fully saturated rings. The molecule has 11 nitrogen and oxygen atoms in total. The van der Waals surface area contributed by atoms with E-state index >= 15 is 0 Å². The lowest BCUT2D eigenvalue weighted by molar-refractivity contribution is -0.115. The second-order valence-electron chi connectivity index (χ2n) is 7.48. The van der Waals surface area contributed by atoms with Crippen LogP contribution in [0.25, 0.3) is 11.3 Å². The summed E-state index contributed by atoms with van der Waals surface area (Å²) in [5.74, 6) is -1.28. The van der Waals surface area contributed by atoms with Crippen molar-refractivity contribution in [2.24, 2.45) is 0 Å². The largest absolute Gasteiger partial charge is 0.464 e. The van der Waals surface area contributed by atoms with Crippen molar-refractivity contribution >= 4 is 51.8 Å². The van der Waals surface area contributed by atoms with E-state index in [0.717, 1.165) is 23.1 Å².